The monoisotopic (exact) mass is 252 g/mol. The van der Waals surface area contributed by atoms with E-state index in [0.717, 1.165) is 0 Å². The van der Waals surface area contributed by atoms with E-state index < -0.39 is 17.5 Å². The Morgan fingerprint density at radius 3 is 1.67 bits per heavy atom. The predicted octanol–water partition coefficient (Wildman–Crippen LogP) is 0.834. The van der Waals surface area contributed by atoms with Gasteiger partial charge in [0.05, 0.1) is 0 Å². The van der Waals surface area contributed by atoms with Gasteiger partial charge in [-0.1, -0.05) is 6.92 Å². The first-order valence-corrected chi connectivity index (χ1v) is 10.3. The quantitative estimate of drug-likeness (QED) is 0.648. The third-order valence-corrected chi connectivity index (χ3v) is 0.289. The summed E-state index contributed by atoms with van der Waals surface area (Å²) < 4.78 is 0. The molecule has 0 saturated heterocycles. The second kappa shape index (κ2) is 8.88. The third-order valence-electron chi connectivity index (χ3n) is 0.289. The summed E-state index contributed by atoms with van der Waals surface area (Å²) in [4.78, 5) is 9.26. The molecule has 0 aliphatic heterocycles. The molecular formula is C3H5Cl3GeO2. The fraction of sp³-hybridized carbons (Fsp3) is 0.667. The minimum atomic E-state index is -1.92. The number of hydrogen-bond donors (Lipinski definition) is 0. The van der Waals surface area contributed by atoms with Gasteiger partial charge in [0, 0.05) is 5.97 Å². The van der Waals surface area contributed by atoms with Gasteiger partial charge in [-0.25, -0.2) is 0 Å². The molecule has 9 heavy (non-hydrogen) atoms. The number of carboxylic acid groups (broad SMARTS) is 1. The third kappa shape index (κ3) is 50.6. The van der Waals surface area contributed by atoms with E-state index in [-0.39, 0.29) is 6.42 Å². The number of carboxylic acids is 1. The molecule has 0 rings (SSSR count). The maximum atomic E-state index is 9.26. The summed E-state index contributed by atoms with van der Waals surface area (Å²) in [5.41, 5.74) is 0. The Hall–Kier alpha value is 0.883. The van der Waals surface area contributed by atoms with Crippen molar-refractivity contribution in [2.75, 3.05) is 0 Å². The van der Waals surface area contributed by atoms with Crippen molar-refractivity contribution >= 4 is 47.6 Å². The molecule has 0 aliphatic carbocycles. The van der Waals surface area contributed by atoms with Crippen molar-refractivity contribution in [3.05, 3.63) is 0 Å². The van der Waals surface area contributed by atoms with Gasteiger partial charge in [-0.15, -0.1) is 0 Å². The molecular weight excluding hydrogens is 247 g/mol. The average Bonchev–Trinajstić information content (AvgIpc) is 1.65. The molecule has 0 aromatic carbocycles. The van der Waals surface area contributed by atoms with E-state index in [1.54, 1.807) is 0 Å². The first-order chi connectivity index (χ1) is 4.00. The summed E-state index contributed by atoms with van der Waals surface area (Å²) in [6, 6.07) is 0. The number of hydrogen-bond acceptors (Lipinski definition) is 2. The average molecular weight is 252 g/mol. The van der Waals surface area contributed by atoms with Crippen molar-refractivity contribution < 1.29 is 9.90 Å². The Morgan fingerprint density at radius 1 is 1.56 bits per heavy atom. The SMILES string of the molecule is CCC(=O)[O-].[Cl][Ge+]([Cl])[Cl]. The Bertz CT molecular complexity index is 74.7. The van der Waals surface area contributed by atoms with Crippen LogP contribution in [0.15, 0.2) is 0 Å². The topological polar surface area (TPSA) is 40.1 Å². The van der Waals surface area contributed by atoms with E-state index in [2.05, 4.69) is 0 Å². The zero-order valence-corrected chi connectivity index (χ0v) is 9.02. The molecule has 2 nitrogen and oxygen atoms in total. The van der Waals surface area contributed by atoms with E-state index in [4.69, 9.17) is 30.0 Å². The van der Waals surface area contributed by atoms with Crippen LogP contribution in [-0.4, -0.2) is 17.5 Å². The van der Waals surface area contributed by atoms with Gasteiger partial charge in [-0.05, 0) is 6.42 Å². The van der Waals surface area contributed by atoms with Gasteiger partial charge in [-0.2, -0.15) is 0 Å². The summed E-state index contributed by atoms with van der Waals surface area (Å²) in [5, 5.41) is 9.26. The molecule has 0 amide bonds. The van der Waals surface area contributed by atoms with E-state index >= 15 is 0 Å². The Morgan fingerprint density at radius 2 is 1.67 bits per heavy atom. The number of carbonyl (C=O) groups is 1. The fourth-order valence-corrected chi connectivity index (χ4v) is 0. The van der Waals surface area contributed by atoms with Crippen molar-refractivity contribution in [1.82, 2.24) is 0 Å². The second-order valence-electron chi connectivity index (χ2n) is 0.940. The van der Waals surface area contributed by atoms with E-state index in [0.29, 0.717) is 0 Å². The second-order valence-corrected chi connectivity index (χ2v) is 10.7. The van der Waals surface area contributed by atoms with Crippen LogP contribution in [0.1, 0.15) is 13.3 Å². The van der Waals surface area contributed by atoms with Crippen LogP contribution in [0.5, 0.6) is 0 Å². The van der Waals surface area contributed by atoms with Crippen LogP contribution < -0.4 is 5.11 Å². The van der Waals surface area contributed by atoms with Crippen LogP contribution in [-0.2, 0) is 4.79 Å². The van der Waals surface area contributed by atoms with Crippen LogP contribution in [0.25, 0.3) is 0 Å². The van der Waals surface area contributed by atoms with Crippen LogP contribution in [0.4, 0.5) is 0 Å². The molecule has 6 heteroatoms. The predicted molar refractivity (Wildman–Crippen MR) is 38.6 cm³/mol. The molecule has 0 unspecified atom stereocenters. The summed E-state index contributed by atoms with van der Waals surface area (Å²) in [7, 11) is 14.9. The molecule has 0 bridgehead atoms. The van der Waals surface area contributed by atoms with Crippen LogP contribution >= 0.6 is 30.0 Å². The molecule has 0 radical (unpaired) electrons. The molecule has 54 valence electrons. The molecule has 0 N–H and O–H groups in total. The summed E-state index contributed by atoms with van der Waals surface area (Å²) in [6.07, 6.45) is 0.111. The van der Waals surface area contributed by atoms with Crippen LogP contribution in [0, 0.1) is 0 Å². The van der Waals surface area contributed by atoms with Crippen molar-refractivity contribution in [2.24, 2.45) is 0 Å². The molecule has 0 heterocycles. The number of aliphatic carboxylic acids is 1. The number of halogens is 3. The van der Waals surface area contributed by atoms with Gasteiger partial charge < -0.3 is 9.90 Å². The molecule has 0 spiro atoms. The number of carbonyl (C=O) groups excluding carboxylic acids is 1. The zero-order chi connectivity index (χ0) is 7.86. The van der Waals surface area contributed by atoms with E-state index in [9.17, 15) is 9.90 Å². The van der Waals surface area contributed by atoms with Crippen molar-refractivity contribution in [1.29, 1.82) is 0 Å². The Balaban J connectivity index is 0. The fourth-order valence-electron chi connectivity index (χ4n) is 0. The standard InChI is InChI=1S/C3H6O2.Cl3Ge/c1-2-3(4)5;1-4(2)3/h2H2,1H3,(H,4,5);/q;+1/p-1. The van der Waals surface area contributed by atoms with Gasteiger partial charge >= 0.3 is 41.6 Å². The van der Waals surface area contributed by atoms with Crippen LogP contribution in [0.2, 0.25) is 0 Å². The first-order valence-electron chi connectivity index (χ1n) is 2.04. The first kappa shape index (κ1) is 12.5. The number of rotatable bonds is 1. The van der Waals surface area contributed by atoms with E-state index in [1.165, 1.54) is 6.92 Å². The molecule has 0 aliphatic rings. The summed E-state index contributed by atoms with van der Waals surface area (Å²) in [6.45, 7) is 1.54. The van der Waals surface area contributed by atoms with Gasteiger partial charge in [0.15, 0.2) is 0 Å². The van der Waals surface area contributed by atoms with Gasteiger partial charge in [-0.3, -0.25) is 0 Å². The molecule has 0 aromatic rings. The van der Waals surface area contributed by atoms with Crippen molar-refractivity contribution in [3.8, 4) is 0 Å². The maximum absolute atomic E-state index is 9.26. The Kier molecular flexibility index (Phi) is 12.4. The normalized spacial score (nSPS) is 7.11. The molecule has 0 saturated carbocycles. The minimum absolute atomic E-state index is 0.111. The Labute approximate surface area is 70.8 Å². The van der Waals surface area contributed by atoms with Crippen molar-refractivity contribution in [3.63, 3.8) is 0 Å². The molecule has 0 atom stereocenters. The van der Waals surface area contributed by atoms with Crippen molar-refractivity contribution in [2.45, 2.75) is 13.3 Å². The molecule has 0 fully saturated rings. The summed E-state index contributed by atoms with van der Waals surface area (Å²) >= 11 is -1.92. The molecule has 0 aromatic heterocycles. The van der Waals surface area contributed by atoms with Gasteiger partial charge in [0.2, 0.25) is 0 Å². The van der Waals surface area contributed by atoms with Gasteiger partial charge in [0.25, 0.3) is 0 Å². The van der Waals surface area contributed by atoms with Crippen LogP contribution in [0.3, 0.4) is 0 Å². The van der Waals surface area contributed by atoms with Gasteiger partial charge in [0.1, 0.15) is 0 Å². The zero-order valence-electron chi connectivity index (χ0n) is 4.66. The van der Waals surface area contributed by atoms with E-state index in [1.807, 2.05) is 0 Å². The summed E-state index contributed by atoms with van der Waals surface area (Å²) in [5.74, 6) is -0.995.